The summed E-state index contributed by atoms with van der Waals surface area (Å²) in [5.74, 6) is 0.739. The molecule has 2 nitrogen and oxygen atoms in total. The predicted molar refractivity (Wildman–Crippen MR) is 94.2 cm³/mol. The van der Waals surface area contributed by atoms with E-state index in [1.54, 1.807) is 11.1 Å². The Morgan fingerprint density at radius 2 is 2.09 bits per heavy atom. The van der Waals surface area contributed by atoms with Crippen molar-refractivity contribution >= 4 is 0 Å². The average Bonchev–Trinajstić information content (AvgIpc) is 3.00. The molecule has 0 aliphatic carbocycles. The van der Waals surface area contributed by atoms with Gasteiger partial charge < -0.3 is 5.32 Å². The van der Waals surface area contributed by atoms with Gasteiger partial charge in [0, 0.05) is 24.7 Å². The maximum absolute atomic E-state index is 3.66. The summed E-state index contributed by atoms with van der Waals surface area (Å²) in [6.45, 7) is 12.9. The molecule has 2 heteroatoms. The van der Waals surface area contributed by atoms with Crippen LogP contribution in [0.15, 0.2) is 18.2 Å². The second-order valence-corrected chi connectivity index (χ2v) is 8.33. The Balaban J connectivity index is 1.70. The van der Waals surface area contributed by atoms with E-state index in [-0.39, 0.29) is 5.54 Å². The molecule has 2 unspecified atom stereocenters. The average molecular weight is 300 g/mol. The molecule has 2 aliphatic heterocycles. The minimum absolute atomic E-state index is 0.273. The van der Waals surface area contributed by atoms with Crippen LogP contribution in [0.1, 0.15) is 57.2 Å². The van der Waals surface area contributed by atoms with E-state index in [1.807, 2.05) is 0 Å². The van der Waals surface area contributed by atoms with Gasteiger partial charge in [-0.3, -0.25) is 4.90 Å². The van der Waals surface area contributed by atoms with Gasteiger partial charge in [-0.1, -0.05) is 25.1 Å². The number of rotatable bonds is 3. The van der Waals surface area contributed by atoms with Crippen molar-refractivity contribution in [3.05, 3.63) is 34.9 Å². The summed E-state index contributed by atoms with van der Waals surface area (Å²) >= 11 is 0. The summed E-state index contributed by atoms with van der Waals surface area (Å²) in [7, 11) is 0. The van der Waals surface area contributed by atoms with Gasteiger partial charge in [0.1, 0.15) is 0 Å². The highest BCUT2D eigenvalue weighted by Crippen LogP contribution is 2.27. The second kappa shape index (κ2) is 6.33. The third-order valence-electron chi connectivity index (χ3n) is 5.57. The molecule has 0 bridgehead atoms. The Kier molecular flexibility index (Phi) is 4.61. The molecule has 1 saturated heterocycles. The fourth-order valence-corrected chi connectivity index (χ4v) is 4.02. The molecule has 122 valence electrons. The molecule has 0 amide bonds. The molecule has 2 aliphatic rings. The molecule has 1 fully saturated rings. The smallest absolute Gasteiger partial charge is 0.0241 e. The molecule has 0 radical (unpaired) electrons. The molecule has 1 aromatic carbocycles. The minimum atomic E-state index is 0.273. The first kappa shape index (κ1) is 16.0. The van der Waals surface area contributed by atoms with Gasteiger partial charge in [0.05, 0.1) is 0 Å². The molecule has 22 heavy (non-hydrogen) atoms. The third-order valence-corrected chi connectivity index (χ3v) is 5.57. The highest BCUT2D eigenvalue weighted by Gasteiger charge is 2.26. The van der Waals surface area contributed by atoms with E-state index in [0.717, 1.165) is 18.5 Å². The van der Waals surface area contributed by atoms with Crippen LogP contribution in [0.2, 0.25) is 0 Å². The van der Waals surface area contributed by atoms with Crippen LogP contribution < -0.4 is 5.32 Å². The van der Waals surface area contributed by atoms with E-state index in [2.05, 4.69) is 56.1 Å². The first-order valence-electron chi connectivity index (χ1n) is 9.02. The van der Waals surface area contributed by atoms with E-state index in [9.17, 15) is 0 Å². The van der Waals surface area contributed by atoms with Crippen LogP contribution >= 0.6 is 0 Å². The van der Waals surface area contributed by atoms with Crippen molar-refractivity contribution in [2.24, 2.45) is 5.92 Å². The zero-order chi connectivity index (χ0) is 15.7. The zero-order valence-corrected chi connectivity index (χ0v) is 14.8. The van der Waals surface area contributed by atoms with Crippen molar-refractivity contribution < 1.29 is 0 Å². The maximum atomic E-state index is 3.66. The molecule has 1 N–H and O–H groups in total. The Morgan fingerprint density at radius 1 is 1.27 bits per heavy atom. The molecule has 0 spiro atoms. The van der Waals surface area contributed by atoms with Crippen LogP contribution in [0.25, 0.3) is 0 Å². The zero-order valence-electron chi connectivity index (χ0n) is 14.8. The fraction of sp³-hybridized carbons (Fsp3) is 0.700. The molecular weight excluding hydrogens is 268 g/mol. The van der Waals surface area contributed by atoms with Crippen molar-refractivity contribution in [2.45, 2.75) is 71.5 Å². The van der Waals surface area contributed by atoms with Crippen LogP contribution in [0.5, 0.6) is 0 Å². The summed E-state index contributed by atoms with van der Waals surface area (Å²) in [6, 6.07) is 7.97. The summed E-state index contributed by atoms with van der Waals surface area (Å²) in [6.07, 6.45) is 5.11. The van der Waals surface area contributed by atoms with Crippen molar-refractivity contribution in [3.63, 3.8) is 0 Å². The van der Waals surface area contributed by atoms with Gasteiger partial charge in [0.15, 0.2) is 0 Å². The SMILES string of the molecule is CC(Cc1ccc2c(c1)CN(C(C)(C)C)CC2)C1CCCN1. The number of fused-ring (bicyclic) bond motifs is 1. The molecular formula is C20H32N2. The van der Waals surface area contributed by atoms with Crippen molar-refractivity contribution in [2.75, 3.05) is 13.1 Å². The standard InChI is InChI=1S/C20H32N2/c1-15(19-6-5-10-21-19)12-16-7-8-17-9-11-22(20(2,3)4)14-18(17)13-16/h7-8,13,15,19,21H,5-6,9-12,14H2,1-4H3. The molecule has 2 atom stereocenters. The molecule has 3 rings (SSSR count). The van der Waals surface area contributed by atoms with Gasteiger partial charge in [-0.25, -0.2) is 0 Å². The fourth-order valence-electron chi connectivity index (χ4n) is 4.02. The van der Waals surface area contributed by atoms with Crippen molar-refractivity contribution in [3.8, 4) is 0 Å². The lowest BCUT2D eigenvalue weighted by Gasteiger charge is -2.39. The van der Waals surface area contributed by atoms with Crippen molar-refractivity contribution in [1.29, 1.82) is 0 Å². The predicted octanol–water partition coefficient (Wildman–Crippen LogP) is 3.77. The molecule has 2 heterocycles. The van der Waals surface area contributed by atoms with E-state index < -0.39 is 0 Å². The monoisotopic (exact) mass is 300 g/mol. The number of benzene rings is 1. The number of hydrogen-bond acceptors (Lipinski definition) is 2. The lowest BCUT2D eigenvalue weighted by Crippen LogP contribution is -2.44. The van der Waals surface area contributed by atoms with E-state index >= 15 is 0 Å². The summed E-state index contributed by atoms with van der Waals surface area (Å²) in [5.41, 5.74) is 4.92. The van der Waals surface area contributed by atoms with E-state index in [1.165, 1.54) is 44.3 Å². The Hall–Kier alpha value is -0.860. The van der Waals surface area contributed by atoms with Gasteiger partial charge in [-0.2, -0.15) is 0 Å². The third kappa shape index (κ3) is 3.55. The Labute approximate surface area is 136 Å². The van der Waals surface area contributed by atoms with E-state index in [4.69, 9.17) is 0 Å². The van der Waals surface area contributed by atoms with Crippen LogP contribution in [-0.2, 0) is 19.4 Å². The molecule has 0 aromatic heterocycles. The maximum Gasteiger partial charge on any atom is 0.0241 e. The first-order valence-corrected chi connectivity index (χ1v) is 9.02. The second-order valence-electron chi connectivity index (χ2n) is 8.33. The van der Waals surface area contributed by atoms with Crippen LogP contribution in [0.3, 0.4) is 0 Å². The van der Waals surface area contributed by atoms with Gasteiger partial charge in [-0.05, 0) is 75.6 Å². The van der Waals surface area contributed by atoms with Crippen LogP contribution in [0, 0.1) is 5.92 Å². The summed E-state index contributed by atoms with van der Waals surface area (Å²) in [5, 5.41) is 3.66. The summed E-state index contributed by atoms with van der Waals surface area (Å²) < 4.78 is 0. The number of nitrogens with one attached hydrogen (secondary N) is 1. The van der Waals surface area contributed by atoms with Gasteiger partial charge in [-0.15, -0.1) is 0 Å². The lowest BCUT2D eigenvalue weighted by molar-refractivity contribution is 0.121. The Morgan fingerprint density at radius 3 is 2.77 bits per heavy atom. The van der Waals surface area contributed by atoms with Gasteiger partial charge >= 0.3 is 0 Å². The van der Waals surface area contributed by atoms with Crippen LogP contribution in [0.4, 0.5) is 0 Å². The van der Waals surface area contributed by atoms with Gasteiger partial charge in [0.2, 0.25) is 0 Å². The largest absolute Gasteiger partial charge is 0.314 e. The highest BCUT2D eigenvalue weighted by atomic mass is 15.2. The first-order chi connectivity index (χ1) is 10.4. The normalized spacial score (nSPS) is 24.3. The quantitative estimate of drug-likeness (QED) is 0.914. The van der Waals surface area contributed by atoms with Gasteiger partial charge in [0.25, 0.3) is 0 Å². The molecule has 1 aromatic rings. The number of nitrogens with zero attached hydrogens (tertiary/aromatic N) is 1. The topological polar surface area (TPSA) is 15.3 Å². The lowest BCUT2D eigenvalue weighted by atomic mass is 9.89. The van der Waals surface area contributed by atoms with E-state index in [0.29, 0.717) is 0 Å². The van der Waals surface area contributed by atoms with Crippen molar-refractivity contribution in [1.82, 2.24) is 10.2 Å². The van der Waals surface area contributed by atoms with Crippen LogP contribution in [-0.4, -0.2) is 29.6 Å². The Bertz CT molecular complexity index is 509. The number of hydrogen-bond donors (Lipinski definition) is 1. The minimum Gasteiger partial charge on any atom is -0.314 e. The molecule has 0 saturated carbocycles. The highest BCUT2D eigenvalue weighted by molar-refractivity contribution is 5.34. The summed E-state index contributed by atoms with van der Waals surface area (Å²) in [4.78, 5) is 2.61.